The third-order valence-electron chi connectivity index (χ3n) is 4.16. The molecule has 0 spiro atoms. The predicted octanol–water partition coefficient (Wildman–Crippen LogP) is 5.09. The molecule has 0 saturated heterocycles. The Morgan fingerprint density at radius 2 is 1.88 bits per heavy atom. The second kappa shape index (κ2) is 5.69. The topological polar surface area (TPSA) is 57.4 Å². The lowest BCUT2D eigenvalue weighted by atomic mass is 9.98. The van der Waals surface area contributed by atoms with E-state index in [1.165, 1.54) is 12.3 Å². The standard InChI is InChI=1S/C18H12F4N4/c1-9-4-5-13(19)11(7-9)14-10-3-2-6-23-17(10)25-16(14)15-12(8-24-26-15)18(20,21)22/h2-8H,1H3,(H,23,25)(H,24,26). The minimum atomic E-state index is -4.60. The van der Waals surface area contributed by atoms with Gasteiger partial charge in [-0.05, 0) is 31.2 Å². The van der Waals surface area contributed by atoms with E-state index in [0.717, 1.165) is 5.56 Å². The summed E-state index contributed by atoms with van der Waals surface area (Å²) in [6.07, 6.45) is -2.38. The second-order valence-electron chi connectivity index (χ2n) is 5.91. The number of hydrogen-bond acceptors (Lipinski definition) is 2. The molecular formula is C18H12F4N4. The first-order valence-corrected chi connectivity index (χ1v) is 7.70. The zero-order valence-corrected chi connectivity index (χ0v) is 13.4. The van der Waals surface area contributed by atoms with E-state index in [0.29, 0.717) is 22.8 Å². The summed E-state index contributed by atoms with van der Waals surface area (Å²) in [4.78, 5) is 7.02. The molecule has 26 heavy (non-hydrogen) atoms. The van der Waals surface area contributed by atoms with Gasteiger partial charge in [-0.2, -0.15) is 18.3 Å². The quantitative estimate of drug-likeness (QED) is 0.490. The second-order valence-corrected chi connectivity index (χ2v) is 5.91. The number of rotatable bonds is 2. The molecule has 132 valence electrons. The van der Waals surface area contributed by atoms with Crippen LogP contribution in [0.2, 0.25) is 0 Å². The SMILES string of the molecule is Cc1ccc(F)c(-c2c(-c3[nH]ncc3C(F)(F)F)[nH]c3ncccc23)c1. The molecule has 3 aromatic heterocycles. The van der Waals surface area contributed by atoms with Gasteiger partial charge in [0.2, 0.25) is 0 Å². The number of halogens is 4. The van der Waals surface area contributed by atoms with E-state index < -0.39 is 17.6 Å². The Labute approximate surface area is 144 Å². The monoisotopic (exact) mass is 360 g/mol. The number of fused-ring (bicyclic) bond motifs is 1. The minimum absolute atomic E-state index is 0.0908. The van der Waals surface area contributed by atoms with Gasteiger partial charge in [0.25, 0.3) is 0 Å². The van der Waals surface area contributed by atoms with Crippen molar-refractivity contribution in [3.8, 4) is 22.5 Å². The third-order valence-corrected chi connectivity index (χ3v) is 4.16. The lowest BCUT2D eigenvalue weighted by molar-refractivity contribution is -0.137. The van der Waals surface area contributed by atoms with E-state index >= 15 is 0 Å². The summed E-state index contributed by atoms with van der Waals surface area (Å²) in [5.41, 5.74) is 0.552. The van der Waals surface area contributed by atoms with E-state index in [9.17, 15) is 17.6 Å². The maximum atomic E-state index is 14.5. The fourth-order valence-electron chi connectivity index (χ4n) is 3.01. The van der Waals surface area contributed by atoms with Crippen LogP contribution in [0, 0.1) is 12.7 Å². The number of pyridine rings is 1. The molecule has 0 unspecified atom stereocenters. The molecule has 1 aromatic carbocycles. The number of aryl methyl sites for hydroxylation is 1. The number of aromatic amines is 2. The van der Waals surface area contributed by atoms with Crippen molar-refractivity contribution in [2.75, 3.05) is 0 Å². The first-order chi connectivity index (χ1) is 12.4. The van der Waals surface area contributed by atoms with Gasteiger partial charge in [-0.15, -0.1) is 0 Å². The van der Waals surface area contributed by atoms with Crippen molar-refractivity contribution in [3.05, 3.63) is 59.7 Å². The van der Waals surface area contributed by atoms with Gasteiger partial charge < -0.3 is 4.98 Å². The molecule has 0 saturated carbocycles. The van der Waals surface area contributed by atoms with Crippen molar-refractivity contribution >= 4 is 11.0 Å². The number of H-pyrrole nitrogens is 2. The van der Waals surface area contributed by atoms with Gasteiger partial charge in [-0.3, -0.25) is 5.10 Å². The summed E-state index contributed by atoms with van der Waals surface area (Å²) in [5.74, 6) is -0.533. The van der Waals surface area contributed by atoms with Crippen molar-refractivity contribution < 1.29 is 17.6 Å². The molecule has 0 fully saturated rings. The van der Waals surface area contributed by atoms with Gasteiger partial charge in [-0.25, -0.2) is 9.37 Å². The Morgan fingerprint density at radius 3 is 2.65 bits per heavy atom. The molecule has 0 aliphatic carbocycles. The van der Waals surface area contributed by atoms with Crippen LogP contribution in [0.3, 0.4) is 0 Å². The fourth-order valence-corrected chi connectivity index (χ4v) is 3.01. The van der Waals surface area contributed by atoms with Crippen molar-refractivity contribution in [2.24, 2.45) is 0 Å². The van der Waals surface area contributed by atoms with E-state index in [1.807, 2.05) is 0 Å². The van der Waals surface area contributed by atoms with Crippen LogP contribution in [0.25, 0.3) is 33.5 Å². The number of alkyl halides is 3. The maximum Gasteiger partial charge on any atom is 0.420 e. The summed E-state index contributed by atoms with van der Waals surface area (Å²) in [5, 5.41) is 6.44. The number of nitrogens with zero attached hydrogens (tertiary/aromatic N) is 2. The first kappa shape index (κ1) is 16.3. The van der Waals surface area contributed by atoms with Crippen LogP contribution in [0.1, 0.15) is 11.1 Å². The van der Waals surface area contributed by atoms with Gasteiger partial charge in [-0.1, -0.05) is 11.6 Å². The van der Waals surface area contributed by atoms with Crippen LogP contribution >= 0.6 is 0 Å². The van der Waals surface area contributed by atoms with Crippen LogP contribution in [0.5, 0.6) is 0 Å². The molecular weight excluding hydrogens is 348 g/mol. The highest BCUT2D eigenvalue weighted by Gasteiger charge is 2.37. The highest BCUT2D eigenvalue weighted by atomic mass is 19.4. The molecule has 0 radical (unpaired) electrons. The Bertz CT molecular complexity index is 1110. The molecule has 4 rings (SSSR count). The molecule has 0 bridgehead atoms. The van der Waals surface area contributed by atoms with Gasteiger partial charge in [0, 0.05) is 22.7 Å². The fraction of sp³-hybridized carbons (Fsp3) is 0.111. The van der Waals surface area contributed by atoms with Crippen molar-refractivity contribution in [1.82, 2.24) is 20.2 Å². The number of nitrogens with one attached hydrogen (secondary N) is 2. The summed E-state index contributed by atoms with van der Waals surface area (Å²) < 4.78 is 54.5. The van der Waals surface area contributed by atoms with Crippen LogP contribution in [-0.4, -0.2) is 20.2 Å². The highest BCUT2D eigenvalue weighted by molar-refractivity contribution is 6.02. The molecule has 4 nitrogen and oxygen atoms in total. The first-order valence-electron chi connectivity index (χ1n) is 7.70. The van der Waals surface area contributed by atoms with Crippen molar-refractivity contribution in [2.45, 2.75) is 13.1 Å². The Hall–Kier alpha value is -3.16. The van der Waals surface area contributed by atoms with E-state index in [-0.39, 0.29) is 17.0 Å². The molecule has 0 aliphatic rings. The summed E-state index contributed by atoms with van der Waals surface area (Å²) in [7, 11) is 0. The average molecular weight is 360 g/mol. The molecule has 4 aromatic rings. The van der Waals surface area contributed by atoms with Gasteiger partial charge >= 0.3 is 6.18 Å². The lowest BCUT2D eigenvalue weighted by Crippen LogP contribution is -2.05. The number of benzene rings is 1. The number of hydrogen-bond donors (Lipinski definition) is 2. The lowest BCUT2D eigenvalue weighted by Gasteiger charge is -2.10. The zero-order chi connectivity index (χ0) is 18.5. The predicted molar refractivity (Wildman–Crippen MR) is 88.8 cm³/mol. The molecule has 8 heteroatoms. The summed E-state index contributed by atoms with van der Waals surface area (Å²) >= 11 is 0. The largest absolute Gasteiger partial charge is 0.420 e. The Morgan fingerprint density at radius 1 is 1.08 bits per heavy atom. The van der Waals surface area contributed by atoms with Crippen molar-refractivity contribution in [1.29, 1.82) is 0 Å². The van der Waals surface area contributed by atoms with Crippen LogP contribution in [-0.2, 0) is 6.18 Å². The highest BCUT2D eigenvalue weighted by Crippen LogP contribution is 2.42. The normalized spacial score (nSPS) is 12.0. The summed E-state index contributed by atoms with van der Waals surface area (Å²) in [6.45, 7) is 1.78. The molecule has 0 atom stereocenters. The average Bonchev–Trinajstić information content (AvgIpc) is 3.20. The van der Waals surface area contributed by atoms with E-state index in [2.05, 4.69) is 20.2 Å². The Kier molecular flexibility index (Phi) is 3.57. The van der Waals surface area contributed by atoms with Gasteiger partial charge in [0.15, 0.2) is 0 Å². The third kappa shape index (κ3) is 2.54. The van der Waals surface area contributed by atoms with Crippen LogP contribution < -0.4 is 0 Å². The molecule has 0 amide bonds. The molecule has 0 aliphatic heterocycles. The zero-order valence-electron chi connectivity index (χ0n) is 13.4. The van der Waals surface area contributed by atoms with Crippen molar-refractivity contribution in [3.63, 3.8) is 0 Å². The Balaban J connectivity index is 2.09. The van der Waals surface area contributed by atoms with Gasteiger partial charge in [0.05, 0.1) is 17.6 Å². The molecule has 3 heterocycles. The van der Waals surface area contributed by atoms with Gasteiger partial charge in [0.1, 0.15) is 17.0 Å². The minimum Gasteiger partial charge on any atom is -0.337 e. The van der Waals surface area contributed by atoms with Crippen LogP contribution in [0.15, 0.2) is 42.7 Å². The molecule has 2 N–H and O–H groups in total. The van der Waals surface area contributed by atoms with Crippen LogP contribution in [0.4, 0.5) is 17.6 Å². The number of aromatic nitrogens is 4. The summed E-state index contributed by atoms with van der Waals surface area (Å²) in [6, 6.07) is 7.82. The van der Waals surface area contributed by atoms with E-state index in [4.69, 9.17) is 0 Å². The van der Waals surface area contributed by atoms with E-state index in [1.54, 1.807) is 31.2 Å². The smallest absolute Gasteiger partial charge is 0.337 e. The maximum absolute atomic E-state index is 14.5.